The lowest BCUT2D eigenvalue weighted by Gasteiger charge is -2.31. The topological polar surface area (TPSA) is 108 Å². The van der Waals surface area contributed by atoms with E-state index < -0.39 is 29.8 Å². The van der Waals surface area contributed by atoms with Crippen molar-refractivity contribution in [3.8, 4) is 22.9 Å². The number of fused-ring (bicyclic) bond motifs is 2. The number of carbonyl (C=O) groups excluding carboxylic acids is 1. The molecule has 184 valence electrons. The largest absolute Gasteiger partial charge is 0.491 e. The van der Waals surface area contributed by atoms with Gasteiger partial charge in [-0.25, -0.2) is 4.98 Å². The van der Waals surface area contributed by atoms with Gasteiger partial charge in [0.1, 0.15) is 18.5 Å². The number of alkyl halides is 3. The number of aliphatic hydroxyl groups is 1. The Kier molecular flexibility index (Phi) is 5.85. The molecule has 2 aromatic heterocycles. The fraction of sp³-hybridized carbons (Fsp3) is 0.348. The van der Waals surface area contributed by atoms with Crippen molar-refractivity contribution in [1.29, 1.82) is 0 Å². The summed E-state index contributed by atoms with van der Waals surface area (Å²) in [6.07, 6.45) is -6.00. The van der Waals surface area contributed by atoms with Gasteiger partial charge < -0.3 is 24.6 Å². The summed E-state index contributed by atoms with van der Waals surface area (Å²) in [7, 11) is 1.48. The number of rotatable bonds is 4. The number of pyridine rings is 1. The van der Waals surface area contributed by atoms with Gasteiger partial charge in [0.25, 0.3) is 5.91 Å². The van der Waals surface area contributed by atoms with Crippen molar-refractivity contribution in [3.63, 3.8) is 0 Å². The van der Waals surface area contributed by atoms with Crippen LogP contribution in [-0.4, -0.2) is 52.1 Å². The van der Waals surface area contributed by atoms with Gasteiger partial charge in [-0.1, -0.05) is 6.07 Å². The molecule has 0 spiro atoms. The molecule has 2 atom stereocenters. The zero-order valence-electron chi connectivity index (χ0n) is 18.5. The molecule has 1 unspecified atom stereocenters. The predicted molar refractivity (Wildman–Crippen MR) is 115 cm³/mol. The lowest BCUT2D eigenvalue weighted by molar-refractivity contribution is -0.137. The van der Waals surface area contributed by atoms with Crippen LogP contribution in [0.15, 0.2) is 36.4 Å². The summed E-state index contributed by atoms with van der Waals surface area (Å²) in [6.45, 7) is 0.947. The van der Waals surface area contributed by atoms with Gasteiger partial charge in [-0.2, -0.15) is 18.3 Å². The minimum Gasteiger partial charge on any atom is -0.491 e. The van der Waals surface area contributed by atoms with Gasteiger partial charge in [0.05, 0.1) is 55.4 Å². The SMILES string of the molecule is COc1cccc(-c2c(C(=O)N[C@H]3COc4ccc(C(F)(F)F)cc4C3O)nn3c2COCC3)n1. The Morgan fingerprint density at radius 2 is 2.11 bits per heavy atom. The summed E-state index contributed by atoms with van der Waals surface area (Å²) in [4.78, 5) is 17.7. The van der Waals surface area contributed by atoms with Crippen molar-refractivity contribution in [2.24, 2.45) is 0 Å². The molecule has 0 saturated heterocycles. The minimum absolute atomic E-state index is 0.0493. The minimum atomic E-state index is -4.58. The second-order valence-electron chi connectivity index (χ2n) is 8.10. The number of aliphatic hydroxyl groups excluding tert-OH is 1. The summed E-state index contributed by atoms with van der Waals surface area (Å²) >= 11 is 0. The zero-order chi connectivity index (χ0) is 24.7. The Labute approximate surface area is 197 Å². The number of benzene rings is 1. The summed E-state index contributed by atoms with van der Waals surface area (Å²) in [5, 5.41) is 17.9. The van der Waals surface area contributed by atoms with Gasteiger partial charge in [-0.3, -0.25) is 9.48 Å². The van der Waals surface area contributed by atoms with Crippen molar-refractivity contribution >= 4 is 5.91 Å². The highest BCUT2D eigenvalue weighted by Crippen LogP contribution is 2.38. The molecular formula is C23H21F3N4O5. The maximum Gasteiger partial charge on any atom is 0.416 e. The quantitative estimate of drug-likeness (QED) is 0.579. The lowest BCUT2D eigenvalue weighted by atomic mass is 9.96. The van der Waals surface area contributed by atoms with Crippen LogP contribution in [0.2, 0.25) is 0 Å². The molecule has 0 saturated carbocycles. The molecule has 0 fully saturated rings. The van der Waals surface area contributed by atoms with E-state index in [1.54, 1.807) is 22.9 Å². The lowest BCUT2D eigenvalue weighted by Crippen LogP contribution is -2.46. The second-order valence-corrected chi connectivity index (χ2v) is 8.10. The van der Waals surface area contributed by atoms with Gasteiger partial charge >= 0.3 is 6.18 Å². The van der Waals surface area contributed by atoms with E-state index in [2.05, 4.69) is 15.4 Å². The predicted octanol–water partition coefficient (Wildman–Crippen LogP) is 2.73. The first-order valence-corrected chi connectivity index (χ1v) is 10.8. The monoisotopic (exact) mass is 490 g/mol. The van der Waals surface area contributed by atoms with Crippen LogP contribution in [0.3, 0.4) is 0 Å². The first-order chi connectivity index (χ1) is 16.8. The highest BCUT2D eigenvalue weighted by molar-refractivity contribution is 5.99. The second kappa shape index (κ2) is 8.86. The zero-order valence-corrected chi connectivity index (χ0v) is 18.5. The van der Waals surface area contributed by atoms with Gasteiger partial charge in [-0.05, 0) is 24.3 Å². The number of halogens is 3. The Bertz CT molecular complexity index is 1280. The van der Waals surface area contributed by atoms with E-state index in [-0.39, 0.29) is 30.2 Å². The summed E-state index contributed by atoms with van der Waals surface area (Å²) in [6, 6.07) is 6.98. The Morgan fingerprint density at radius 1 is 1.29 bits per heavy atom. The highest BCUT2D eigenvalue weighted by atomic mass is 19.4. The van der Waals surface area contributed by atoms with Crippen LogP contribution in [0, 0.1) is 0 Å². The molecule has 3 aromatic rings. The average molecular weight is 490 g/mol. The molecule has 0 bridgehead atoms. The molecule has 1 aromatic carbocycles. The number of nitrogens with one attached hydrogen (secondary N) is 1. The normalized spacial score (nSPS) is 19.3. The Hall–Kier alpha value is -3.64. The Balaban J connectivity index is 1.46. The number of hydrogen-bond donors (Lipinski definition) is 2. The number of carbonyl (C=O) groups is 1. The number of methoxy groups -OCH3 is 1. The van der Waals surface area contributed by atoms with Gasteiger partial charge in [0, 0.05) is 11.6 Å². The number of ether oxygens (including phenoxy) is 3. The van der Waals surface area contributed by atoms with Gasteiger partial charge in [0.2, 0.25) is 5.88 Å². The van der Waals surface area contributed by atoms with Crippen LogP contribution < -0.4 is 14.8 Å². The fourth-order valence-corrected chi connectivity index (χ4v) is 4.18. The summed E-state index contributed by atoms with van der Waals surface area (Å²) in [5.74, 6) is -0.153. The van der Waals surface area contributed by atoms with Gasteiger partial charge in [-0.15, -0.1) is 0 Å². The fourth-order valence-electron chi connectivity index (χ4n) is 4.18. The molecule has 4 heterocycles. The molecule has 2 aliphatic rings. The number of hydrogen-bond acceptors (Lipinski definition) is 7. The van der Waals surface area contributed by atoms with Crippen molar-refractivity contribution in [3.05, 3.63) is 58.9 Å². The van der Waals surface area contributed by atoms with Crippen LogP contribution in [-0.2, 0) is 24.1 Å². The molecule has 2 N–H and O–H groups in total. The molecule has 1 amide bonds. The number of nitrogens with zero attached hydrogens (tertiary/aromatic N) is 3. The molecule has 2 aliphatic heterocycles. The van der Waals surface area contributed by atoms with E-state index >= 15 is 0 Å². The molecular weight excluding hydrogens is 469 g/mol. The van der Waals surface area contributed by atoms with E-state index in [0.717, 1.165) is 18.2 Å². The van der Waals surface area contributed by atoms with E-state index in [9.17, 15) is 23.1 Å². The van der Waals surface area contributed by atoms with E-state index in [1.807, 2.05) is 0 Å². The maximum atomic E-state index is 13.3. The molecule has 0 aliphatic carbocycles. The third-order valence-corrected chi connectivity index (χ3v) is 5.92. The molecule has 0 radical (unpaired) electrons. The molecule has 35 heavy (non-hydrogen) atoms. The third-order valence-electron chi connectivity index (χ3n) is 5.92. The molecule has 9 nitrogen and oxygen atoms in total. The van der Waals surface area contributed by atoms with Crippen LogP contribution in [0.25, 0.3) is 11.3 Å². The molecule has 5 rings (SSSR count). The molecule has 12 heteroatoms. The number of amides is 1. The van der Waals surface area contributed by atoms with E-state index in [1.165, 1.54) is 7.11 Å². The summed E-state index contributed by atoms with van der Waals surface area (Å²) in [5.41, 5.74) is 0.632. The van der Waals surface area contributed by atoms with Crippen LogP contribution in [0.1, 0.15) is 33.4 Å². The maximum absolute atomic E-state index is 13.3. The standard InChI is InChI=1S/C23H21F3N4O5/c1-33-18-4-2-3-14(27-18)19-16-11-34-8-7-30(16)29-20(19)22(32)28-15-10-35-17-6-5-12(23(24,25)26)9-13(17)21(15)31/h2-6,9,15,21,31H,7-8,10-11H2,1H3,(H,28,32)/t15-,21?/m0/s1. The smallest absolute Gasteiger partial charge is 0.416 e. The van der Waals surface area contributed by atoms with E-state index in [0.29, 0.717) is 36.0 Å². The van der Waals surface area contributed by atoms with Crippen molar-refractivity contribution in [2.45, 2.75) is 31.5 Å². The van der Waals surface area contributed by atoms with Gasteiger partial charge in [0.15, 0.2) is 5.69 Å². The number of aromatic nitrogens is 3. The van der Waals surface area contributed by atoms with E-state index in [4.69, 9.17) is 14.2 Å². The van der Waals surface area contributed by atoms with Crippen LogP contribution >= 0.6 is 0 Å². The first-order valence-electron chi connectivity index (χ1n) is 10.8. The van der Waals surface area contributed by atoms with Crippen LogP contribution in [0.4, 0.5) is 13.2 Å². The summed E-state index contributed by atoms with van der Waals surface area (Å²) < 4.78 is 57.4. The average Bonchev–Trinajstić information content (AvgIpc) is 3.25. The third kappa shape index (κ3) is 4.30. The van der Waals surface area contributed by atoms with Crippen molar-refractivity contribution in [2.75, 3.05) is 20.3 Å². The van der Waals surface area contributed by atoms with Crippen molar-refractivity contribution in [1.82, 2.24) is 20.1 Å². The van der Waals surface area contributed by atoms with Crippen molar-refractivity contribution < 1.29 is 37.3 Å². The highest BCUT2D eigenvalue weighted by Gasteiger charge is 2.37. The first kappa shape index (κ1) is 23.1. The van der Waals surface area contributed by atoms with Crippen LogP contribution in [0.5, 0.6) is 11.6 Å². The Morgan fingerprint density at radius 3 is 2.89 bits per heavy atom.